The SMILES string of the molecule is CCCCCCCCSCC(C)C(=O)OCCOC(=O)CCN(CCC(=O)OCCOC(=O)C(C)CSCCCCCCCC)CCN(CCN(CCC(=O)OCCOC(=O)C(C)CSCCCCCCCC)CCC(=O)OCCOC(=O)C(C)CSCCCCCCCC)CCN(CCC(=O)OCCOC(=O)C(C)CSCCCCCCCC)CCC(=O)OCCOC(=O)C(C)CSCCCCCCCC. The molecule has 6 atom stereocenters. The Balaban J connectivity index is 7.56. The van der Waals surface area contributed by atoms with Crippen LogP contribution in [0.2, 0.25) is 0 Å². The van der Waals surface area contributed by atoms with Crippen LogP contribution in [0, 0.1) is 35.5 Å². The second kappa shape index (κ2) is 101. The molecular weight excluding hydrogens is 1930 g/mol. The number of hydrogen-bond acceptors (Lipinski definition) is 34. The van der Waals surface area contributed by atoms with Gasteiger partial charge >= 0.3 is 71.6 Å². The summed E-state index contributed by atoms with van der Waals surface area (Å²) in [7, 11) is 0. The van der Waals surface area contributed by atoms with Crippen molar-refractivity contribution >= 4 is 142 Å². The van der Waals surface area contributed by atoms with Gasteiger partial charge in [0.25, 0.3) is 0 Å². The van der Waals surface area contributed by atoms with Gasteiger partial charge in [0.05, 0.1) is 74.0 Å². The van der Waals surface area contributed by atoms with Crippen LogP contribution in [0.15, 0.2) is 0 Å². The van der Waals surface area contributed by atoms with E-state index in [4.69, 9.17) is 56.8 Å². The number of hydrogen-bond donors (Lipinski definition) is 0. The molecule has 0 rings (SSSR count). The summed E-state index contributed by atoms with van der Waals surface area (Å²) < 4.78 is 67.2. The van der Waals surface area contributed by atoms with Crippen LogP contribution < -0.4 is 0 Å². The van der Waals surface area contributed by atoms with Crippen LogP contribution in [0.3, 0.4) is 0 Å². The molecule has 0 aliphatic rings. The largest absolute Gasteiger partial charge is 0.462 e. The van der Waals surface area contributed by atoms with Gasteiger partial charge in [-0.05, 0) is 73.0 Å². The molecule has 0 aliphatic heterocycles. The second-order valence-corrected chi connectivity index (χ2v) is 44.6. The standard InChI is InChI=1S/C108H198N4O24S6/c1-13-19-25-31-37-43-79-137-85-91(7)103(119)131-73-67-125-97(113)49-55-109(56-50-98(114)126-68-74-132-104(120)92(8)86-138-80-44-38-32-26-20-14-2)61-64-112(65-62-110(57-51-99(115)127-69-75-133-105(121)93(9)87-139-81-45-39-33-27-21-15-3)58-52-100(116)128-70-76-134-106(122)94(10)88-140-82-46-40-34-28-22-16-4)66-63-111(59-53-101(117)129-71-77-135-107(123)95(11)89-141-83-47-41-35-29-23-17-5)60-54-102(118)130-72-78-136-108(124)96(12)90-142-84-48-42-36-30-24-18-6/h91-96H,13-90H2,1-12H3. The number of carbonyl (C=O) groups is 12. The van der Waals surface area contributed by atoms with E-state index in [-0.39, 0.29) is 268 Å². The van der Waals surface area contributed by atoms with Crippen LogP contribution in [0.1, 0.15) is 353 Å². The zero-order valence-corrected chi connectivity index (χ0v) is 95.6. The lowest BCUT2D eigenvalue weighted by Gasteiger charge is -2.32. The van der Waals surface area contributed by atoms with Crippen molar-refractivity contribution in [3.8, 4) is 0 Å². The van der Waals surface area contributed by atoms with E-state index in [1.54, 1.807) is 70.6 Å². The highest BCUT2D eigenvalue weighted by Gasteiger charge is 2.25. The quantitative estimate of drug-likeness (QED) is 0.0310. The number of ether oxygens (including phenoxy) is 12. The lowest BCUT2D eigenvalue weighted by atomic mass is 10.1. The Bertz CT molecular complexity index is 2630. The summed E-state index contributed by atoms with van der Waals surface area (Å²) >= 11 is 10.3. The van der Waals surface area contributed by atoms with Crippen molar-refractivity contribution in [2.24, 2.45) is 35.5 Å². The molecule has 0 heterocycles. The molecule has 28 nitrogen and oxygen atoms in total. The number of unbranched alkanes of at least 4 members (excludes halogenated alkanes) is 30. The molecule has 0 amide bonds. The van der Waals surface area contributed by atoms with Crippen LogP contribution in [0.4, 0.5) is 0 Å². The number of esters is 12. The highest BCUT2D eigenvalue weighted by Crippen LogP contribution is 2.23. The van der Waals surface area contributed by atoms with Crippen molar-refractivity contribution in [2.75, 3.05) is 227 Å². The first-order valence-electron chi connectivity index (χ1n) is 55.1. The Morgan fingerprint density at radius 2 is 0.289 bits per heavy atom. The molecule has 0 fully saturated rings. The Labute approximate surface area is 885 Å². The van der Waals surface area contributed by atoms with Gasteiger partial charge in [-0.25, -0.2) is 0 Å². The fourth-order valence-corrected chi connectivity index (χ4v) is 21.0. The van der Waals surface area contributed by atoms with Crippen LogP contribution >= 0.6 is 70.6 Å². The van der Waals surface area contributed by atoms with E-state index in [9.17, 15) is 57.5 Å². The van der Waals surface area contributed by atoms with E-state index < -0.39 is 35.8 Å². The predicted octanol–water partition coefficient (Wildman–Crippen LogP) is 21.4. The topological polar surface area (TPSA) is 329 Å². The Morgan fingerprint density at radius 1 is 0.169 bits per heavy atom. The van der Waals surface area contributed by atoms with Gasteiger partial charge in [0.1, 0.15) is 79.3 Å². The molecule has 0 saturated heterocycles. The number of nitrogens with zero attached hydrogens (tertiary/aromatic N) is 4. The first-order valence-corrected chi connectivity index (χ1v) is 62.1. The van der Waals surface area contributed by atoms with Gasteiger partial charge in [-0.15, -0.1) is 0 Å². The van der Waals surface area contributed by atoms with Crippen molar-refractivity contribution in [2.45, 2.75) is 353 Å². The van der Waals surface area contributed by atoms with Gasteiger partial charge in [0, 0.05) is 113 Å². The molecule has 0 saturated carbocycles. The summed E-state index contributed by atoms with van der Waals surface area (Å²) in [4.78, 5) is 169. The normalized spacial score (nSPS) is 12.8. The maximum atomic E-state index is 13.7. The van der Waals surface area contributed by atoms with Crippen molar-refractivity contribution in [1.29, 1.82) is 0 Å². The molecule has 0 aromatic heterocycles. The lowest BCUT2D eigenvalue weighted by molar-refractivity contribution is -0.154. The fourth-order valence-electron chi connectivity index (χ4n) is 14.6. The van der Waals surface area contributed by atoms with E-state index in [1.165, 1.54) is 154 Å². The molecule has 6 unspecified atom stereocenters. The van der Waals surface area contributed by atoms with Gasteiger partial charge in [-0.2, -0.15) is 70.6 Å². The lowest BCUT2D eigenvalue weighted by Crippen LogP contribution is -2.45. The second-order valence-electron chi connectivity index (χ2n) is 37.7. The highest BCUT2D eigenvalue weighted by molar-refractivity contribution is 8.00. The summed E-state index contributed by atoms with van der Waals surface area (Å²) in [5.41, 5.74) is 0. The smallest absolute Gasteiger partial charge is 0.309 e. The highest BCUT2D eigenvalue weighted by atomic mass is 32.2. The summed E-state index contributed by atoms with van der Waals surface area (Å²) in [6, 6.07) is 0. The van der Waals surface area contributed by atoms with Crippen molar-refractivity contribution in [1.82, 2.24) is 19.6 Å². The predicted molar refractivity (Wildman–Crippen MR) is 584 cm³/mol. The van der Waals surface area contributed by atoms with E-state index in [0.29, 0.717) is 34.5 Å². The molecule has 0 aromatic carbocycles. The maximum absolute atomic E-state index is 13.7. The van der Waals surface area contributed by atoms with Crippen LogP contribution in [0.25, 0.3) is 0 Å². The molecule has 0 N–H and O–H groups in total. The number of rotatable bonds is 105. The average molecular weight is 2130 g/mol. The van der Waals surface area contributed by atoms with E-state index in [1.807, 2.05) is 56.2 Å². The van der Waals surface area contributed by atoms with Gasteiger partial charge in [0.15, 0.2) is 0 Å². The summed E-state index contributed by atoms with van der Waals surface area (Å²) in [5, 5.41) is 0. The summed E-state index contributed by atoms with van der Waals surface area (Å²) in [5.74, 6) is 1.56. The maximum Gasteiger partial charge on any atom is 0.309 e. The third-order valence-electron chi connectivity index (χ3n) is 24.0. The average Bonchev–Trinajstić information content (AvgIpc) is 0.905. The summed E-state index contributed by atoms with van der Waals surface area (Å²) in [6.45, 7) is 24.4. The molecule has 142 heavy (non-hydrogen) atoms. The zero-order chi connectivity index (χ0) is 105. The monoisotopic (exact) mass is 2130 g/mol. The minimum atomic E-state index is -0.572. The van der Waals surface area contributed by atoms with Crippen molar-refractivity contribution in [3.63, 3.8) is 0 Å². The Kier molecular flexibility index (Phi) is 98.0. The number of thioether (sulfide) groups is 6. The minimum absolute atomic E-state index is 0.103. The van der Waals surface area contributed by atoms with Crippen LogP contribution in [-0.2, 0) is 114 Å². The molecule has 830 valence electrons. The third-order valence-corrected chi connectivity index (χ3v) is 31.9. The molecule has 0 aliphatic carbocycles. The molecule has 0 aromatic rings. The van der Waals surface area contributed by atoms with Gasteiger partial charge in [-0.3, -0.25) is 62.4 Å². The molecule has 0 radical (unpaired) electrons. The van der Waals surface area contributed by atoms with Crippen molar-refractivity contribution in [3.05, 3.63) is 0 Å². The zero-order valence-electron chi connectivity index (χ0n) is 90.7. The molecule has 34 heteroatoms. The van der Waals surface area contributed by atoms with E-state index in [2.05, 4.69) is 46.4 Å². The fraction of sp³-hybridized carbons (Fsp3) is 0.889. The van der Waals surface area contributed by atoms with E-state index >= 15 is 0 Å². The third kappa shape index (κ3) is 88.5. The Morgan fingerprint density at radius 3 is 0.430 bits per heavy atom. The molecule has 0 bridgehead atoms. The van der Waals surface area contributed by atoms with Gasteiger partial charge in [-0.1, -0.05) is 276 Å². The number of carbonyl (C=O) groups excluding carboxylic acids is 12. The van der Waals surface area contributed by atoms with Crippen LogP contribution in [0.5, 0.6) is 0 Å². The van der Waals surface area contributed by atoms with Crippen molar-refractivity contribution < 1.29 is 114 Å². The van der Waals surface area contributed by atoms with Gasteiger partial charge < -0.3 is 71.5 Å². The molecular formula is C108H198N4O24S6. The minimum Gasteiger partial charge on any atom is -0.462 e. The molecule has 0 spiro atoms. The van der Waals surface area contributed by atoms with Gasteiger partial charge in [0.2, 0.25) is 0 Å². The van der Waals surface area contributed by atoms with E-state index in [0.717, 1.165) is 112 Å². The summed E-state index contributed by atoms with van der Waals surface area (Å²) in [6.07, 6.45) is 41.8. The first-order chi connectivity index (χ1) is 68.8. The van der Waals surface area contributed by atoms with Crippen LogP contribution in [-0.4, -0.2) is 318 Å². The Hall–Kier alpha value is -4.42. The first kappa shape index (κ1) is 138.